The number of nitrogen functional groups attached to an aromatic ring is 1. The molecular weight excluding hydrogens is 374 g/mol. The number of benzene rings is 2. The third-order valence-electron chi connectivity index (χ3n) is 3.78. The van der Waals surface area contributed by atoms with E-state index in [4.69, 9.17) is 10.5 Å². The van der Waals surface area contributed by atoms with Gasteiger partial charge in [-0.2, -0.15) is 15.0 Å². The number of anilines is 3. The van der Waals surface area contributed by atoms with E-state index in [2.05, 4.69) is 26.3 Å². The number of nitrogens with two attached hydrogens (primary N) is 1. The lowest BCUT2D eigenvalue weighted by Gasteiger charge is -2.09. The quantitative estimate of drug-likeness (QED) is 0.462. The Morgan fingerprint density at radius 3 is 2.68 bits per heavy atom. The normalized spacial score (nSPS) is 10.5. The molecule has 1 heterocycles. The first-order valence-corrected chi connectivity index (χ1v) is 9.66. The number of para-hydroxylation sites is 1. The van der Waals surface area contributed by atoms with Crippen molar-refractivity contribution in [1.29, 1.82) is 0 Å². The minimum absolute atomic E-state index is 0.0595. The minimum atomic E-state index is -0.345. The summed E-state index contributed by atoms with van der Waals surface area (Å²) >= 11 is 1.45. The van der Waals surface area contributed by atoms with Gasteiger partial charge in [0.1, 0.15) is 0 Å². The maximum absolute atomic E-state index is 12.1. The number of rotatable bonds is 7. The van der Waals surface area contributed by atoms with E-state index < -0.39 is 0 Å². The van der Waals surface area contributed by atoms with Crippen molar-refractivity contribution in [3.63, 3.8) is 0 Å². The number of aromatic nitrogens is 3. The monoisotopic (exact) mass is 395 g/mol. The number of hydrogen-bond donors (Lipinski definition) is 2. The van der Waals surface area contributed by atoms with Crippen LogP contribution in [-0.2, 0) is 16.1 Å². The van der Waals surface area contributed by atoms with Gasteiger partial charge in [0.05, 0.1) is 5.75 Å². The van der Waals surface area contributed by atoms with Crippen molar-refractivity contribution < 1.29 is 9.53 Å². The van der Waals surface area contributed by atoms with Gasteiger partial charge in [-0.15, -0.1) is 11.8 Å². The van der Waals surface area contributed by atoms with Crippen LogP contribution in [0.15, 0.2) is 53.4 Å². The number of hydrogen-bond acceptors (Lipinski definition) is 8. The Morgan fingerprint density at radius 2 is 1.89 bits per heavy atom. The fourth-order valence-corrected chi connectivity index (χ4v) is 3.32. The molecule has 3 aromatic rings. The first-order valence-electron chi connectivity index (χ1n) is 8.68. The highest BCUT2D eigenvalue weighted by molar-refractivity contribution is 8.00. The zero-order chi connectivity index (χ0) is 19.9. The maximum Gasteiger partial charge on any atom is 0.316 e. The molecule has 0 fully saturated rings. The van der Waals surface area contributed by atoms with Crippen molar-refractivity contribution in [2.75, 3.05) is 16.8 Å². The maximum atomic E-state index is 12.1. The molecule has 3 N–H and O–H groups in total. The van der Waals surface area contributed by atoms with Crippen LogP contribution in [0.25, 0.3) is 0 Å². The van der Waals surface area contributed by atoms with Crippen LogP contribution in [-0.4, -0.2) is 26.7 Å². The third kappa shape index (κ3) is 5.68. The number of ether oxygens (including phenoxy) is 1. The summed E-state index contributed by atoms with van der Waals surface area (Å²) in [5.74, 6) is 0.511. The van der Waals surface area contributed by atoms with Gasteiger partial charge in [0.2, 0.25) is 11.9 Å². The van der Waals surface area contributed by atoms with E-state index in [1.165, 1.54) is 11.8 Å². The van der Waals surface area contributed by atoms with Crippen LogP contribution in [0.1, 0.15) is 17.0 Å². The summed E-state index contributed by atoms with van der Waals surface area (Å²) in [6, 6.07) is 15.6. The van der Waals surface area contributed by atoms with Crippen molar-refractivity contribution in [3.8, 4) is 0 Å². The van der Waals surface area contributed by atoms with Gasteiger partial charge in [0.25, 0.3) is 0 Å². The average molecular weight is 395 g/mol. The van der Waals surface area contributed by atoms with Gasteiger partial charge in [-0.05, 0) is 37.6 Å². The molecule has 0 spiro atoms. The van der Waals surface area contributed by atoms with Crippen LogP contribution >= 0.6 is 11.8 Å². The minimum Gasteiger partial charge on any atom is -0.457 e. The molecule has 7 nitrogen and oxygen atoms in total. The van der Waals surface area contributed by atoms with Gasteiger partial charge in [-0.3, -0.25) is 4.79 Å². The van der Waals surface area contributed by atoms with E-state index in [1.807, 2.05) is 56.3 Å². The number of aryl methyl sites for hydroxylation is 2. The first-order chi connectivity index (χ1) is 13.5. The lowest BCUT2D eigenvalue weighted by Crippen LogP contribution is -2.12. The number of carbonyl (C=O) groups excluding carboxylic acids is 1. The third-order valence-corrected chi connectivity index (χ3v) is 4.91. The second kappa shape index (κ2) is 9.18. The van der Waals surface area contributed by atoms with Gasteiger partial charge in [0.15, 0.2) is 12.4 Å². The SMILES string of the molecule is Cc1ccc(C)c(SCC(=O)OCc2nc(N)nc(Nc3ccccc3)n2)c1. The lowest BCUT2D eigenvalue weighted by atomic mass is 10.2. The number of nitrogens with zero attached hydrogens (tertiary/aromatic N) is 3. The zero-order valence-corrected chi connectivity index (χ0v) is 16.5. The highest BCUT2D eigenvalue weighted by Gasteiger charge is 2.10. The Kier molecular flexibility index (Phi) is 6.44. The molecule has 0 aliphatic rings. The molecule has 2 aromatic carbocycles. The molecule has 0 saturated carbocycles. The highest BCUT2D eigenvalue weighted by atomic mass is 32.2. The number of thioether (sulfide) groups is 1. The number of esters is 1. The average Bonchev–Trinajstić information content (AvgIpc) is 2.67. The van der Waals surface area contributed by atoms with Crippen molar-refractivity contribution in [3.05, 3.63) is 65.5 Å². The van der Waals surface area contributed by atoms with Crippen LogP contribution < -0.4 is 11.1 Å². The molecule has 0 saturated heterocycles. The summed E-state index contributed by atoms with van der Waals surface area (Å²) in [6.07, 6.45) is 0. The Morgan fingerprint density at radius 1 is 1.11 bits per heavy atom. The van der Waals surface area contributed by atoms with Gasteiger partial charge in [-0.25, -0.2) is 0 Å². The molecule has 144 valence electrons. The predicted octanol–water partition coefficient (Wildman–Crippen LogP) is 3.65. The Labute approximate surface area is 167 Å². The predicted molar refractivity (Wildman–Crippen MR) is 110 cm³/mol. The van der Waals surface area contributed by atoms with Crippen molar-refractivity contribution in [2.45, 2.75) is 25.3 Å². The number of nitrogens with one attached hydrogen (secondary N) is 1. The summed E-state index contributed by atoms with van der Waals surface area (Å²) in [5.41, 5.74) is 8.84. The van der Waals surface area contributed by atoms with Crippen molar-refractivity contribution >= 4 is 35.3 Å². The van der Waals surface area contributed by atoms with Gasteiger partial charge >= 0.3 is 5.97 Å². The Bertz CT molecular complexity index is 966. The smallest absolute Gasteiger partial charge is 0.316 e. The topological polar surface area (TPSA) is 103 Å². The fourth-order valence-electron chi connectivity index (χ4n) is 2.40. The standard InChI is InChI=1S/C20H21N5O2S/c1-13-8-9-14(2)16(10-13)28-12-18(26)27-11-17-23-19(21)25-20(24-17)22-15-6-4-3-5-7-15/h3-10H,11-12H2,1-2H3,(H3,21,22,23,24,25). The fraction of sp³-hybridized carbons (Fsp3) is 0.200. The molecule has 3 rings (SSSR count). The molecule has 0 unspecified atom stereocenters. The highest BCUT2D eigenvalue weighted by Crippen LogP contribution is 2.23. The molecular formula is C20H21N5O2S. The Hall–Kier alpha value is -3.13. The molecule has 0 aliphatic carbocycles. The van der Waals surface area contributed by atoms with Gasteiger partial charge < -0.3 is 15.8 Å². The summed E-state index contributed by atoms with van der Waals surface area (Å²) in [5, 5.41) is 3.04. The zero-order valence-electron chi connectivity index (χ0n) is 15.7. The van der Waals surface area contributed by atoms with Crippen LogP contribution in [0.2, 0.25) is 0 Å². The number of carbonyl (C=O) groups is 1. The summed E-state index contributed by atoms with van der Waals surface area (Å²) in [7, 11) is 0. The molecule has 8 heteroatoms. The van der Waals surface area contributed by atoms with Crippen LogP contribution in [0.5, 0.6) is 0 Å². The molecule has 0 amide bonds. The van der Waals surface area contributed by atoms with Crippen molar-refractivity contribution in [1.82, 2.24) is 15.0 Å². The van der Waals surface area contributed by atoms with Crippen molar-refractivity contribution in [2.24, 2.45) is 0 Å². The first kappa shape index (κ1) is 19.6. The van der Waals surface area contributed by atoms with E-state index in [1.54, 1.807) is 0 Å². The second-order valence-corrected chi connectivity index (χ2v) is 7.16. The largest absolute Gasteiger partial charge is 0.457 e. The van der Waals surface area contributed by atoms with E-state index in [0.29, 0.717) is 5.95 Å². The Balaban J connectivity index is 1.56. The molecule has 28 heavy (non-hydrogen) atoms. The van der Waals surface area contributed by atoms with Crippen LogP contribution in [0.4, 0.5) is 17.6 Å². The van der Waals surface area contributed by atoms with Gasteiger partial charge in [-0.1, -0.05) is 35.9 Å². The summed E-state index contributed by atoms with van der Waals surface area (Å²) < 4.78 is 5.28. The van der Waals surface area contributed by atoms with Crippen LogP contribution in [0.3, 0.4) is 0 Å². The second-order valence-electron chi connectivity index (χ2n) is 6.14. The van der Waals surface area contributed by atoms with E-state index in [0.717, 1.165) is 21.7 Å². The summed E-state index contributed by atoms with van der Waals surface area (Å²) in [4.78, 5) is 25.5. The lowest BCUT2D eigenvalue weighted by molar-refractivity contribution is -0.141. The van der Waals surface area contributed by atoms with E-state index in [-0.39, 0.29) is 30.1 Å². The molecule has 1 aromatic heterocycles. The summed E-state index contributed by atoms with van der Waals surface area (Å²) in [6.45, 7) is 3.97. The van der Waals surface area contributed by atoms with E-state index in [9.17, 15) is 4.79 Å². The molecule has 0 radical (unpaired) electrons. The van der Waals surface area contributed by atoms with Crippen LogP contribution in [0, 0.1) is 13.8 Å². The molecule has 0 bridgehead atoms. The van der Waals surface area contributed by atoms with E-state index >= 15 is 0 Å². The molecule has 0 aliphatic heterocycles. The molecule has 0 atom stereocenters. The van der Waals surface area contributed by atoms with Gasteiger partial charge in [0, 0.05) is 10.6 Å².